The summed E-state index contributed by atoms with van der Waals surface area (Å²) in [7, 11) is 0. The third-order valence-corrected chi connectivity index (χ3v) is 5.61. The van der Waals surface area contributed by atoms with E-state index in [1.807, 2.05) is 45.9 Å². The minimum atomic E-state index is -0.470. The lowest BCUT2D eigenvalue weighted by molar-refractivity contribution is -0.116. The van der Waals surface area contributed by atoms with Crippen LogP contribution < -0.4 is 10.6 Å². The van der Waals surface area contributed by atoms with Crippen LogP contribution in [0, 0.1) is 25.6 Å². The molecule has 192 valence electrons. The van der Waals surface area contributed by atoms with Gasteiger partial charge in [-0.1, -0.05) is 58.4 Å². The van der Waals surface area contributed by atoms with Crippen molar-refractivity contribution >= 4 is 23.4 Å². The highest BCUT2D eigenvalue weighted by Gasteiger charge is 2.24. The van der Waals surface area contributed by atoms with Crippen LogP contribution in [0.4, 0.5) is 20.7 Å². The predicted octanol–water partition coefficient (Wildman–Crippen LogP) is 6.05. The first-order valence-corrected chi connectivity index (χ1v) is 12.1. The number of nitrogens with zero attached hydrogens (tertiary/aromatic N) is 3. The molecule has 36 heavy (non-hydrogen) atoms. The molecule has 0 radical (unpaired) electrons. The number of aryl methyl sites for hydroxylation is 2. The van der Waals surface area contributed by atoms with Crippen molar-refractivity contribution in [3.05, 3.63) is 71.2 Å². The summed E-state index contributed by atoms with van der Waals surface area (Å²) in [6.45, 7) is 14.4. The smallest absolute Gasteiger partial charge is 0.315 e. The number of anilines is 2. The summed E-state index contributed by atoms with van der Waals surface area (Å²) in [6, 6.07) is 13.1. The van der Waals surface area contributed by atoms with Gasteiger partial charge in [-0.3, -0.25) is 4.79 Å². The number of aromatic nitrogens is 2. The van der Waals surface area contributed by atoms with Crippen molar-refractivity contribution in [2.45, 2.75) is 53.9 Å². The number of rotatable bonds is 7. The highest BCUT2D eigenvalue weighted by Crippen LogP contribution is 2.28. The molecule has 0 unspecified atom stereocenters. The molecule has 1 aromatic heterocycles. The van der Waals surface area contributed by atoms with E-state index in [9.17, 15) is 14.0 Å². The zero-order valence-electron chi connectivity index (χ0n) is 22.1. The first kappa shape index (κ1) is 26.9. The van der Waals surface area contributed by atoms with Crippen molar-refractivity contribution in [1.82, 2.24) is 14.7 Å². The minimum Gasteiger partial charge on any atom is -0.315 e. The lowest BCUT2D eigenvalue weighted by Gasteiger charge is -2.24. The molecule has 0 aliphatic heterocycles. The number of benzene rings is 2. The molecule has 1 heterocycles. The van der Waals surface area contributed by atoms with Gasteiger partial charge < -0.3 is 15.5 Å². The van der Waals surface area contributed by atoms with E-state index in [2.05, 4.69) is 37.5 Å². The normalized spacial score (nSPS) is 11.5. The van der Waals surface area contributed by atoms with E-state index >= 15 is 0 Å². The monoisotopic (exact) mass is 493 g/mol. The van der Waals surface area contributed by atoms with E-state index in [-0.39, 0.29) is 23.8 Å². The zero-order chi connectivity index (χ0) is 26.6. The Hall–Kier alpha value is -3.68. The van der Waals surface area contributed by atoms with Crippen molar-refractivity contribution in [1.29, 1.82) is 0 Å². The van der Waals surface area contributed by atoms with Gasteiger partial charge in [-0.05, 0) is 49.6 Å². The SMILES string of the molecule is Cc1ccc(-n2nc(C(C)(C)C)cc2NC(=O)CN(CC(C)C)C(=O)Nc2cccc(F)c2)c(C)c1. The predicted molar refractivity (Wildman–Crippen MR) is 142 cm³/mol. The minimum absolute atomic E-state index is 0.129. The molecule has 7 nitrogen and oxygen atoms in total. The Bertz CT molecular complexity index is 1240. The van der Waals surface area contributed by atoms with Crippen LogP contribution >= 0.6 is 0 Å². The number of amides is 3. The van der Waals surface area contributed by atoms with E-state index in [0.29, 0.717) is 18.1 Å². The maximum absolute atomic E-state index is 13.6. The fraction of sp³-hybridized carbons (Fsp3) is 0.393. The number of hydrogen-bond acceptors (Lipinski definition) is 3. The largest absolute Gasteiger partial charge is 0.322 e. The third-order valence-electron chi connectivity index (χ3n) is 5.61. The van der Waals surface area contributed by atoms with E-state index in [1.54, 1.807) is 10.7 Å². The second-order valence-electron chi connectivity index (χ2n) is 10.6. The average Bonchev–Trinajstić information content (AvgIpc) is 3.16. The first-order chi connectivity index (χ1) is 16.8. The van der Waals surface area contributed by atoms with Gasteiger partial charge >= 0.3 is 6.03 Å². The Balaban J connectivity index is 1.85. The van der Waals surface area contributed by atoms with Crippen LogP contribution in [0.15, 0.2) is 48.5 Å². The standard InChI is InChI=1S/C28H36FN5O2/c1-18(2)16-33(27(36)30-22-10-8-9-21(29)14-22)17-26(35)31-25-15-24(28(5,6)7)32-34(25)23-12-11-19(3)13-20(23)4/h8-15,18H,16-17H2,1-7H3,(H,30,36)(H,31,35). The van der Waals surface area contributed by atoms with E-state index < -0.39 is 11.8 Å². The molecule has 2 N–H and O–H groups in total. The second-order valence-corrected chi connectivity index (χ2v) is 10.6. The fourth-order valence-corrected chi connectivity index (χ4v) is 3.85. The summed E-state index contributed by atoms with van der Waals surface area (Å²) in [4.78, 5) is 27.5. The van der Waals surface area contributed by atoms with Gasteiger partial charge in [0, 0.05) is 23.7 Å². The number of hydrogen-bond donors (Lipinski definition) is 2. The van der Waals surface area contributed by atoms with Gasteiger partial charge in [0.2, 0.25) is 5.91 Å². The van der Waals surface area contributed by atoms with Gasteiger partial charge in [-0.15, -0.1) is 0 Å². The summed E-state index contributed by atoms with van der Waals surface area (Å²) >= 11 is 0. The summed E-state index contributed by atoms with van der Waals surface area (Å²) in [5.41, 5.74) is 3.98. The van der Waals surface area contributed by atoms with Crippen molar-refractivity contribution in [3.8, 4) is 5.69 Å². The maximum atomic E-state index is 13.6. The van der Waals surface area contributed by atoms with E-state index in [4.69, 9.17) is 5.10 Å². The van der Waals surface area contributed by atoms with Crippen LogP contribution in [0.3, 0.4) is 0 Å². The molecule has 0 atom stereocenters. The fourth-order valence-electron chi connectivity index (χ4n) is 3.85. The van der Waals surface area contributed by atoms with Gasteiger partial charge in [-0.2, -0.15) is 5.10 Å². The highest BCUT2D eigenvalue weighted by molar-refractivity contribution is 5.96. The number of carbonyl (C=O) groups is 2. The second kappa shape index (κ2) is 10.9. The van der Waals surface area contributed by atoms with E-state index in [1.165, 1.54) is 23.1 Å². The lowest BCUT2D eigenvalue weighted by atomic mass is 9.92. The van der Waals surface area contributed by atoms with Gasteiger partial charge in [0.1, 0.15) is 18.2 Å². The zero-order valence-corrected chi connectivity index (χ0v) is 22.1. The van der Waals surface area contributed by atoms with Gasteiger partial charge in [0.05, 0.1) is 11.4 Å². The summed E-state index contributed by atoms with van der Waals surface area (Å²) in [5.74, 6) is -0.136. The van der Waals surface area contributed by atoms with Crippen LogP contribution in [-0.4, -0.2) is 39.7 Å². The molecule has 8 heteroatoms. The maximum Gasteiger partial charge on any atom is 0.322 e. The van der Waals surface area contributed by atoms with Gasteiger partial charge in [-0.25, -0.2) is 13.9 Å². The molecule has 0 spiro atoms. The van der Waals surface area contributed by atoms with E-state index in [0.717, 1.165) is 22.5 Å². The summed E-state index contributed by atoms with van der Waals surface area (Å²) in [5, 5.41) is 10.4. The molecule has 0 bridgehead atoms. The Morgan fingerprint density at radius 3 is 2.39 bits per heavy atom. The highest BCUT2D eigenvalue weighted by atomic mass is 19.1. The molecule has 3 aromatic rings. The number of urea groups is 1. The quantitative estimate of drug-likeness (QED) is 0.420. The van der Waals surface area contributed by atoms with Crippen molar-refractivity contribution < 1.29 is 14.0 Å². The van der Waals surface area contributed by atoms with Crippen LogP contribution in [0.2, 0.25) is 0 Å². The Morgan fingerprint density at radius 2 is 1.78 bits per heavy atom. The van der Waals surface area contributed by atoms with Crippen LogP contribution in [-0.2, 0) is 10.2 Å². The van der Waals surface area contributed by atoms with Crippen LogP contribution in [0.1, 0.15) is 51.4 Å². The average molecular weight is 494 g/mol. The topological polar surface area (TPSA) is 79.3 Å². The Labute approximate surface area is 212 Å². The summed E-state index contributed by atoms with van der Waals surface area (Å²) < 4.78 is 15.3. The molecular weight excluding hydrogens is 457 g/mol. The van der Waals surface area contributed by atoms with Crippen molar-refractivity contribution in [2.75, 3.05) is 23.7 Å². The molecular formula is C28H36FN5O2. The third kappa shape index (κ3) is 6.93. The van der Waals surface area contributed by atoms with Gasteiger partial charge in [0.25, 0.3) is 0 Å². The number of nitrogens with one attached hydrogen (secondary N) is 2. The van der Waals surface area contributed by atoms with Crippen molar-refractivity contribution in [2.24, 2.45) is 5.92 Å². The Morgan fingerprint density at radius 1 is 1.06 bits per heavy atom. The molecule has 0 aliphatic rings. The van der Waals surface area contributed by atoms with Crippen LogP contribution in [0.25, 0.3) is 5.69 Å². The number of halogens is 1. The molecule has 0 aliphatic carbocycles. The summed E-state index contributed by atoms with van der Waals surface area (Å²) in [6.07, 6.45) is 0. The molecule has 3 amide bonds. The van der Waals surface area contributed by atoms with Crippen molar-refractivity contribution in [3.63, 3.8) is 0 Å². The number of carbonyl (C=O) groups excluding carboxylic acids is 2. The molecule has 3 rings (SSSR count). The Kier molecular flexibility index (Phi) is 8.17. The van der Waals surface area contributed by atoms with Gasteiger partial charge in [0.15, 0.2) is 0 Å². The molecule has 0 fully saturated rings. The lowest BCUT2D eigenvalue weighted by Crippen LogP contribution is -2.42. The molecule has 0 saturated heterocycles. The van der Waals surface area contributed by atoms with Crippen LogP contribution in [0.5, 0.6) is 0 Å². The first-order valence-electron chi connectivity index (χ1n) is 12.1. The molecule has 2 aromatic carbocycles. The molecule has 0 saturated carbocycles.